The Morgan fingerprint density at radius 2 is 1.71 bits per heavy atom. The molecule has 1 fully saturated rings. The molecule has 148 valence electrons. The number of hydrogen-bond acceptors (Lipinski definition) is 3. The van der Waals surface area contributed by atoms with Crippen LogP contribution in [0.25, 0.3) is 0 Å². The van der Waals surface area contributed by atoms with Crippen LogP contribution >= 0.6 is 27.7 Å². The summed E-state index contributed by atoms with van der Waals surface area (Å²) in [5.41, 5.74) is 1.31. The maximum Gasteiger partial charge on any atom is 0.256 e. The van der Waals surface area contributed by atoms with Crippen LogP contribution in [0, 0.1) is 5.92 Å². The van der Waals surface area contributed by atoms with Crippen LogP contribution in [0.3, 0.4) is 0 Å². The quantitative estimate of drug-likeness (QED) is 0.536. The summed E-state index contributed by atoms with van der Waals surface area (Å²) in [5.74, 6) is 0.786. The number of benzene rings is 2. The Bertz CT molecular complexity index is 804. The van der Waals surface area contributed by atoms with Crippen LogP contribution in [-0.2, 0) is 4.79 Å². The molecule has 0 saturated heterocycles. The molecular weight excluding hydrogens is 436 g/mol. The lowest BCUT2D eigenvalue weighted by Crippen LogP contribution is -2.31. The van der Waals surface area contributed by atoms with Gasteiger partial charge in [0, 0.05) is 21.6 Å². The topological polar surface area (TPSA) is 58.2 Å². The van der Waals surface area contributed by atoms with Crippen LogP contribution in [-0.4, -0.2) is 24.1 Å². The molecule has 0 radical (unpaired) electrons. The van der Waals surface area contributed by atoms with E-state index in [1.165, 1.54) is 43.9 Å². The molecule has 0 bridgehead atoms. The van der Waals surface area contributed by atoms with Crippen LogP contribution in [0.5, 0.6) is 0 Å². The average molecular weight is 461 g/mol. The summed E-state index contributed by atoms with van der Waals surface area (Å²) >= 11 is 4.79. The maximum atomic E-state index is 12.7. The summed E-state index contributed by atoms with van der Waals surface area (Å²) in [7, 11) is 0. The van der Waals surface area contributed by atoms with Gasteiger partial charge >= 0.3 is 0 Å². The first kappa shape index (κ1) is 20.9. The number of nitrogens with one attached hydrogen (secondary N) is 2. The zero-order valence-corrected chi connectivity index (χ0v) is 18.2. The van der Waals surface area contributed by atoms with Crippen molar-refractivity contribution in [2.24, 2.45) is 5.92 Å². The van der Waals surface area contributed by atoms with Gasteiger partial charge in [-0.15, -0.1) is 11.8 Å². The van der Waals surface area contributed by atoms with Gasteiger partial charge in [-0.1, -0.05) is 47.3 Å². The Hall–Kier alpha value is -1.79. The van der Waals surface area contributed by atoms with E-state index in [-0.39, 0.29) is 11.8 Å². The third-order valence-corrected chi connectivity index (χ3v) is 6.51. The Morgan fingerprint density at radius 3 is 2.46 bits per heavy atom. The lowest BCUT2D eigenvalue weighted by atomic mass is 9.89. The molecule has 2 amide bonds. The first-order chi connectivity index (χ1) is 13.6. The zero-order chi connectivity index (χ0) is 19.8. The molecule has 1 aliphatic rings. The van der Waals surface area contributed by atoms with Crippen LogP contribution in [0.4, 0.5) is 5.69 Å². The minimum atomic E-state index is -0.173. The molecule has 28 heavy (non-hydrogen) atoms. The van der Waals surface area contributed by atoms with Crippen molar-refractivity contribution in [3.05, 3.63) is 58.6 Å². The number of anilines is 1. The molecule has 6 heteroatoms. The van der Waals surface area contributed by atoms with Crippen molar-refractivity contribution in [1.82, 2.24) is 5.32 Å². The number of carbonyl (C=O) groups excluding carboxylic acids is 2. The molecule has 0 heterocycles. The van der Waals surface area contributed by atoms with E-state index in [9.17, 15) is 9.59 Å². The Balaban J connectivity index is 1.53. The number of thioether (sulfide) groups is 1. The molecule has 4 nitrogen and oxygen atoms in total. The predicted molar refractivity (Wildman–Crippen MR) is 119 cm³/mol. The van der Waals surface area contributed by atoms with Crippen molar-refractivity contribution >= 4 is 45.2 Å². The minimum absolute atomic E-state index is 0.0266. The standard InChI is InChI=1S/C22H25BrN2O2S/c23-17-10-12-18(13-11-17)25-22(27)19-8-4-5-9-20(19)28-15-21(26)24-14-16-6-2-1-3-7-16/h4-5,8-13,16H,1-3,6-7,14-15H2,(H,24,26)(H,25,27). The van der Waals surface area contributed by atoms with Gasteiger partial charge in [-0.05, 0) is 55.2 Å². The van der Waals surface area contributed by atoms with Crippen molar-refractivity contribution in [2.45, 2.75) is 37.0 Å². The van der Waals surface area contributed by atoms with Gasteiger partial charge in [-0.2, -0.15) is 0 Å². The van der Waals surface area contributed by atoms with E-state index in [1.807, 2.05) is 42.5 Å². The lowest BCUT2D eigenvalue weighted by Gasteiger charge is -2.21. The summed E-state index contributed by atoms with van der Waals surface area (Å²) in [6.45, 7) is 0.769. The van der Waals surface area contributed by atoms with E-state index in [0.29, 0.717) is 17.2 Å². The van der Waals surface area contributed by atoms with Gasteiger partial charge in [0.1, 0.15) is 0 Å². The minimum Gasteiger partial charge on any atom is -0.355 e. The monoisotopic (exact) mass is 460 g/mol. The number of halogens is 1. The highest BCUT2D eigenvalue weighted by atomic mass is 79.9. The first-order valence-corrected chi connectivity index (χ1v) is 11.4. The molecule has 2 aromatic rings. The molecule has 2 aromatic carbocycles. The molecule has 3 rings (SSSR count). The largest absolute Gasteiger partial charge is 0.355 e. The van der Waals surface area contributed by atoms with Crippen LogP contribution < -0.4 is 10.6 Å². The van der Waals surface area contributed by atoms with E-state index in [4.69, 9.17) is 0 Å². The number of carbonyl (C=O) groups is 2. The molecular formula is C22H25BrN2O2S. The highest BCUT2D eigenvalue weighted by Gasteiger charge is 2.16. The van der Waals surface area contributed by atoms with E-state index in [2.05, 4.69) is 26.6 Å². The third-order valence-electron chi connectivity index (χ3n) is 4.91. The zero-order valence-electron chi connectivity index (χ0n) is 15.7. The summed E-state index contributed by atoms with van der Waals surface area (Å²) < 4.78 is 0.959. The van der Waals surface area contributed by atoms with Gasteiger partial charge < -0.3 is 10.6 Å². The predicted octanol–water partition coefficient (Wildman–Crippen LogP) is 5.49. The Labute approximate surface area is 179 Å². The van der Waals surface area contributed by atoms with Crippen molar-refractivity contribution in [3.8, 4) is 0 Å². The highest BCUT2D eigenvalue weighted by Crippen LogP contribution is 2.25. The molecule has 1 aliphatic carbocycles. The molecule has 0 aromatic heterocycles. The summed E-state index contributed by atoms with van der Waals surface area (Å²) in [6.07, 6.45) is 6.30. The normalized spacial score (nSPS) is 14.5. The Kier molecular flexibility index (Phi) is 7.98. The second-order valence-corrected chi connectivity index (χ2v) is 8.99. The average Bonchev–Trinajstić information content (AvgIpc) is 2.73. The van der Waals surface area contributed by atoms with Gasteiger partial charge in [0.05, 0.1) is 11.3 Å². The van der Waals surface area contributed by atoms with Crippen LogP contribution in [0.15, 0.2) is 57.9 Å². The second-order valence-electron chi connectivity index (χ2n) is 7.05. The van der Waals surface area contributed by atoms with Gasteiger partial charge in [-0.3, -0.25) is 9.59 Å². The van der Waals surface area contributed by atoms with E-state index < -0.39 is 0 Å². The van der Waals surface area contributed by atoms with Crippen LogP contribution in [0.1, 0.15) is 42.5 Å². The fourth-order valence-corrected chi connectivity index (χ4v) is 4.50. The second kappa shape index (κ2) is 10.7. The SMILES string of the molecule is O=C(CSc1ccccc1C(=O)Nc1ccc(Br)cc1)NCC1CCCCC1. The first-order valence-electron chi connectivity index (χ1n) is 9.67. The van der Waals surface area contributed by atoms with Gasteiger partial charge in [-0.25, -0.2) is 0 Å². The molecule has 0 atom stereocenters. The molecule has 1 saturated carbocycles. The van der Waals surface area contributed by atoms with E-state index in [1.54, 1.807) is 6.07 Å². The summed E-state index contributed by atoms with van der Waals surface area (Å²) in [6, 6.07) is 14.8. The maximum absolute atomic E-state index is 12.7. The van der Waals surface area contributed by atoms with Crippen LogP contribution in [0.2, 0.25) is 0 Å². The summed E-state index contributed by atoms with van der Waals surface area (Å²) in [4.78, 5) is 25.7. The van der Waals surface area contributed by atoms with Gasteiger partial charge in [0.25, 0.3) is 5.91 Å². The van der Waals surface area contributed by atoms with Crippen molar-refractivity contribution in [1.29, 1.82) is 0 Å². The van der Waals surface area contributed by atoms with Crippen molar-refractivity contribution in [3.63, 3.8) is 0 Å². The number of amides is 2. The lowest BCUT2D eigenvalue weighted by molar-refractivity contribution is -0.118. The fourth-order valence-electron chi connectivity index (χ4n) is 3.36. The molecule has 0 spiro atoms. The summed E-state index contributed by atoms with van der Waals surface area (Å²) in [5, 5.41) is 5.96. The smallest absolute Gasteiger partial charge is 0.256 e. The number of hydrogen-bond donors (Lipinski definition) is 2. The van der Waals surface area contributed by atoms with E-state index >= 15 is 0 Å². The number of rotatable bonds is 7. The van der Waals surface area contributed by atoms with Crippen molar-refractivity contribution in [2.75, 3.05) is 17.6 Å². The molecule has 0 aliphatic heterocycles. The van der Waals surface area contributed by atoms with Gasteiger partial charge in [0.15, 0.2) is 0 Å². The highest BCUT2D eigenvalue weighted by molar-refractivity contribution is 9.10. The third kappa shape index (κ3) is 6.38. The fraction of sp³-hybridized carbons (Fsp3) is 0.364. The molecule has 0 unspecified atom stereocenters. The Morgan fingerprint density at radius 1 is 1.00 bits per heavy atom. The van der Waals surface area contributed by atoms with E-state index in [0.717, 1.165) is 21.6 Å². The molecule has 2 N–H and O–H groups in total. The van der Waals surface area contributed by atoms with Gasteiger partial charge in [0.2, 0.25) is 5.91 Å². The van der Waals surface area contributed by atoms with Crippen molar-refractivity contribution < 1.29 is 9.59 Å².